The largest absolute Gasteiger partial charge is 0.362 e. The molecular weight excluding hydrogens is 427 g/mol. The van der Waals surface area contributed by atoms with Crippen molar-refractivity contribution in [3.8, 4) is 0 Å². The molecule has 1 aliphatic carbocycles. The zero-order valence-corrected chi connectivity index (χ0v) is 18.6. The minimum atomic E-state index is -0.610. The first-order valence-electron chi connectivity index (χ1n) is 11.2. The van der Waals surface area contributed by atoms with Crippen molar-refractivity contribution in [1.82, 2.24) is 10.2 Å². The van der Waals surface area contributed by atoms with Crippen LogP contribution in [0.2, 0.25) is 0 Å². The Balaban J connectivity index is 1.57. The molecular formula is C24H27FN4O4. The standard InChI is InChI=1S/C24H27FN4O4/c1-17(30)27-12-14-28(15-13-27)21-9-4-18(16-22(21)29(32)33)23(31)26-24(10-2-3-11-24)19-5-7-20(25)8-6-19/h4-9,16H,2-3,10-15H2,1H3,(H,26,31). The third-order valence-corrected chi connectivity index (χ3v) is 6.71. The fourth-order valence-corrected chi connectivity index (χ4v) is 4.86. The summed E-state index contributed by atoms with van der Waals surface area (Å²) >= 11 is 0. The molecule has 174 valence electrons. The molecule has 0 bridgehead atoms. The molecule has 1 heterocycles. The third kappa shape index (κ3) is 4.67. The minimum absolute atomic E-state index is 0.0156. The fourth-order valence-electron chi connectivity index (χ4n) is 4.86. The molecule has 2 aromatic rings. The number of piperazine rings is 1. The molecule has 1 N–H and O–H groups in total. The number of hydrogen-bond acceptors (Lipinski definition) is 5. The number of benzene rings is 2. The van der Waals surface area contributed by atoms with E-state index in [1.807, 2.05) is 4.90 Å². The molecule has 0 aromatic heterocycles. The SMILES string of the molecule is CC(=O)N1CCN(c2ccc(C(=O)NC3(c4ccc(F)cc4)CCCC3)cc2[N+](=O)[O-])CC1. The Morgan fingerprint density at radius 3 is 2.24 bits per heavy atom. The zero-order valence-electron chi connectivity index (χ0n) is 18.6. The normalized spacial score (nSPS) is 17.6. The number of nitrogens with one attached hydrogen (secondary N) is 1. The second-order valence-electron chi connectivity index (χ2n) is 8.70. The van der Waals surface area contributed by atoms with E-state index in [9.17, 15) is 24.1 Å². The molecule has 33 heavy (non-hydrogen) atoms. The first-order valence-corrected chi connectivity index (χ1v) is 11.2. The van der Waals surface area contributed by atoms with Crippen LogP contribution in [0.3, 0.4) is 0 Å². The summed E-state index contributed by atoms with van der Waals surface area (Å²) in [5.41, 5.74) is 0.738. The van der Waals surface area contributed by atoms with Crippen molar-refractivity contribution < 1.29 is 18.9 Å². The topological polar surface area (TPSA) is 95.8 Å². The molecule has 1 saturated carbocycles. The van der Waals surface area contributed by atoms with Crippen LogP contribution in [-0.4, -0.2) is 47.8 Å². The van der Waals surface area contributed by atoms with Gasteiger partial charge in [0.2, 0.25) is 5.91 Å². The summed E-state index contributed by atoms with van der Waals surface area (Å²) in [7, 11) is 0. The lowest BCUT2D eigenvalue weighted by atomic mass is 9.87. The van der Waals surface area contributed by atoms with Crippen molar-refractivity contribution in [1.29, 1.82) is 0 Å². The van der Waals surface area contributed by atoms with E-state index >= 15 is 0 Å². The average molecular weight is 455 g/mol. The molecule has 0 spiro atoms. The maximum absolute atomic E-state index is 13.4. The Hall–Kier alpha value is -3.49. The second-order valence-corrected chi connectivity index (χ2v) is 8.70. The van der Waals surface area contributed by atoms with Gasteiger partial charge in [-0.2, -0.15) is 0 Å². The molecule has 2 aromatic carbocycles. The Morgan fingerprint density at radius 2 is 1.67 bits per heavy atom. The van der Waals surface area contributed by atoms with Gasteiger partial charge in [0.15, 0.2) is 0 Å². The van der Waals surface area contributed by atoms with Crippen LogP contribution in [0.15, 0.2) is 42.5 Å². The summed E-state index contributed by atoms with van der Waals surface area (Å²) in [4.78, 5) is 39.6. The zero-order chi connectivity index (χ0) is 23.6. The van der Waals surface area contributed by atoms with Crippen LogP contribution in [0.4, 0.5) is 15.8 Å². The van der Waals surface area contributed by atoms with Gasteiger partial charge in [0.05, 0.1) is 10.5 Å². The van der Waals surface area contributed by atoms with Crippen molar-refractivity contribution in [2.45, 2.75) is 38.1 Å². The number of amides is 2. The summed E-state index contributed by atoms with van der Waals surface area (Å²) in [5, 5.41) is 14.9. The number of nitrogens with zero attached hydrogens (tertiary/aromatic N) is 3. The molecule has 0 unspecified atom stereocenters. The van der Waals surface area contributed by atoms with Gasteiger partial charge in [-0.1, -0.05) is 25.0 Å². The highest BCUT2D eigenvalue weighted by molar-refractivity contribution is 5.96. The van der Waals surface area contributed by atoms with Crippen molar-refractivity contribution in [2.75, 3.05) is 31.1 Å². The van der Waals surface area contributed by atoms with Gasteiger partial charge >= 0.3 is 0 Å². The number of carbonyl (C=O) groups is 2. The fraction of sp³-hybridized carbons (Fsp3) is 0.417. The van der Waals surface area contributed by atoms with E-state index in [1.54, 1.807) is 29.2 Å². The molecule has 2 amide bonds. The van der Waals surface area contributed by atoms with Gasteiger partial charge in [-0.25, -0.2) is 4.39 Å². The Morgan fingerprint density at radius 1 is 1.03 bits per heavy atom. The van der Waals surface area contributed by atoms with Crippen molar-refractivity contribution in [3.63, 3.8) is 0 Å². The number of halogens is 1. The molecule has 0 atom stereocenters. The van der Waals surface area contributed by atoms with Gasteiger partial charge in [0.1, 0.15) is 11.5 Å². The molecule has 1 saturated heterocycles. The summed E-state index contributed by atoms with van der Waals surface area (Å²) in [6, 6.07) is 10.7. The molecule has 4 rings (SSSR count). The van der Waals surface area contributed by atoms with Gasteiger partial charge in [-0.15, -0.1) is 0 Å². The number of anilines is 1. The van der Waals surface area contributed by atoms with Crippen LogP contribution in [0.5, 0.6) is 0 Å². The third-order valence-electron chi connectivity index (χ3n) is 6.71. The van der Waals surface area contributed by atoms with Gasteiger partial charge in [-0.05, 0) is 42.7 Å². The van der Waals surface area contributed by atoms with Crippen LogP contribution in [0.1, 0.15) is 48.5 Å². The lowest BCUT2D eigenvalue weighted by molar-refractivity contribution is -0.384. The molecule has 2 fully saturated rings. The summed E-state index contributed by atoms with van der Waals surface area (Å²) in [5.74, 6) is -0.746. The van der Waals surface area contributed by atoms with Gasteiger partial charge < -0.3 is 15.1 Å². The average Bonchev–Trinajstić information content (AvgIpc) is 3.28. The molecule has 2 aliphatic rings. The first kappa shape index (κ1) is 22.7. The van der Waals surface area contributed by atoms with Crippen LogP contribution in [0.25, 0.3) is 0 Å². The number of hydrogen-bond donors (Lipinski definition) is 1. The highest BCUT2D eigenvalue weighted by atomic mass is 19.1. The monoisotopic (exact) mass is 454 g/mol. The predicted molar refractivity (Wildman–Crippen MR) is 122 cm³/mol. The van der Waals surface area contributed by atoms with E-state index in [4.69, 9.17) is 0 Å². The van der Waals surface area contributed by atoms with Crippen LogP contribution < -0.4 is 10.2 Å². The van der Waals surface area contributed by atoms with Gasteiger partial charge in [-0.3, -0.25) is 19.7 Å². The Labute approximate surface area is 191 Å². The van der Waals surface area contributed by atoms with E-state index in [-0.39, 0.29) is 23.0 Å². The molecule has 9 heteroatoms. The maximum atomic E-state index is 13.4. The number of rotatable bonds is 5. The van der Waals surface area contributed by atoms with Gasteiger partial charge in [0.25, 0.3) is 11.6 Å². The van der Waals surface area contributed by atoms with E-state index < -0.39 is 16.4 Å². The number of nitro benzene ring substituents is 1. The molecule has 0 radical (unpaired) electrons. The lowest BCUT2D eigenvalue weighted by Crippen LogP contribution is -2.48. The number of carbonyl (C=O) groups excluding carboxylic acids is 2. The smallest absolute Gasteiger partial charge is 0.293 e. The molecule has 1 aliphatic heterocycles. The van der Waals surface area contributed by atoms with Gasteiger partial charge in [0, 0.05) is 44.7 Å². The van der Waals surface area contributed by atoms with Crippen molar-refractivity contribution in [2.24, 2.45) is 0 Å². The van der Waals surface area contributed by atoms with Crippen LogP contribution >= 0.6 is 0 Å². The summed E-state index contributed by atoms with van der Waals surface area (Å²) < 4.78 is 13.4. The second kappa shape index (κ2) is 9.17. The Kier molecular flexibility index (Phi) is 6.31. The van der Waals surface area contributed by atoms with E-state index in [0.717, 1.165) is 31.2 Å². The van der Waals surface area contributed by atoms with Crippen LogP contribution in [0, 0.1) is 15.9 Å². The quantitative estimate of drug-likeness (QED) is 0.550. The van der Waals surface area contributed by atoms with E-state index in [1.165, 1.54) is 25.1 Å². The van der Waals surface area contributed by atoms with Crippen LogP contribution in [-0.2, 0) is 10.3 Å². The minimum Gasteiger partial charge on any atom is -0.362 e. The van der Waals surface area contributed by atoms with E-state index in [0.29, 0.717) is 31.9 Å². The summed E-state index contributed by atoms with van der Waals surface area (Å²) in [6.07, 6.45) is 3.32. The highest BCUT2D eigenvalue weighted by Crippen LogP contribution is 2.39. The Bertz CT molecular complexity index is 1060. The summed E-state index contributed by atoms with van der Waals surface area (Å²) in [6.45, 7) is 3.47. The first-order chi connectivity index (χ1) is 15.8. The molecule has 8 nitrogen and oxygen atoms in total. The maximum Gasteiger partial charge on any atom is 0.293 e. The highest BCUT2D eigenvalue weighted by Gasteiger charge is 2.37. The van der Waals surface area contributed by atoms with E-state index in [2.05, 4.69) is 5.32 Å². The lowest BCUT2D eigenvalue weighted by Gasteiger charge is -2.35. The van der Waals surface area contributed by atoms with Crippen molar-refractivity contribution >= 4 is 23.2 Å². The van der Waals surface area contributed by atoms with Crippen molar-refractivity contribution in [3.05, 3.63) is 69.5 Å². The predicted octanol–water partition coefficient (Wildman–Crippen LogP) is 3.60. The number of nitro groups is 1.